The maximum Gasteiger partial charge on any atom is 0.0420 e. The zero-order valence-corrected chi connectivity index (χ0v) is 7.51. The van der Waals surface area contributed by atoms with Crippen LogP contribution in [0.5, 0.6) is 0 Å². The molecule has 1 aliphatic carbocycles. The van der Waals surface area contributed by atoms with E-state index in [2.05, 4.69) is 0 Å². The molecule has 0 aromatic carbocycles. The molecule has 0 aliphatic heterocycles. The zero-order chi connectivity index (χ0) is 10.6. The average Bonchev–Trinajstić information content (AvgIpc) is 2.06. The molecule has 0 saturated carbocycles. The van der Waals surface area contributed by atoms with Crippen molar-refractivity contribution in [3.05, 3.63) is 24.3 Å². The van der Waals surface area contributed by atoms with Crippen molar-refractivity contribution in [2.75, 3.05) is 0 Å². The van der Waals surface area contributed by atoms with Crippen LogP contribution in [0.3, 0.4) is 0 Å². The van der Waals surface area contributed by atoms with E-state index in [1.807, 2.05) is 0 Å². The molecule has 1 aliphatic rings. The van der Waals surface area contributed by atoms with Gasteiger partial charge in [-0.2, -0.15) is 0 Å². The van der Waals surface area contributed by atoms with Gasteiger partial charge >= 0.3 is 0 Å². The SMILES string of the molecule is O=C([O-])CC1C=CC=CC1CC(=O)[O-]. The smallest absolute Gasteiger partial charge is 0.0420 e. The summed E-state index contributed by atoms with van der Waals surface area (Å²) in [6.45, 7) is 0. The molecule has 14 heavy (non-hydrogen) atoms. The van der Waals surface area contributed by atoms with Crippen molar-refractivity contribution in [3.8, 4) is 0 Å². The van der Waals surface area contributed by atoms with Gasteiger partial charge in [0.15, 0.2) is 0 Å². The highest BCUT2D eigenvalue weighted by Gasteiger charge is 2.18. The Kier molecular flexibility index (Phi) is 3.45. The fourth-order valence-corrected chi connectivity index (χ4v) is 1.52. The molecule has 0 heterocycles. The monoisotopic (exact) mass is 194 g/mol. The Hall–Kier alpha value is -1.58. The molecule has 4 nitrogen and oxygen atoms in total. The van der Waals surface area contributed by atoms with E-state index in [-0.39, 0.29) is 24.7 Å². The number of carbonyl (C=O) groups is 2. The van der Waals surface area contributed by atoms with Gasteiger partial charge in [-0.05, 0) is 24.7 Å². The number of aliphatic carboxylic acids is 2. The molecule has 0 aromatic heterocycles. The van der Waals surface area contributed by atoms with Crippen molar-refractivity contribution < 1.29 is 19.8 Å². The Balaban J connectivity index is 2.61. The van der Waals surface area contributed by atoms with Gasteiger partial charge < -0.3 is 19.8 Å². The second-order valence-corrected chi connectivity index (χ2v) is 3.25. The Morgan fingerprint density at radius 1 is 0.929 bits per heavy atom. The first-order valence-corrected chi connectivity index (χ1v) is 4.34. The summed E-state index contributed by atoms with van der Waals surface area (Å²) in [7, 11) is 0. The first-order chi connectivity index (χ1) is 6.59. The lowest BCUT2D eigenvalue weighted by molar-refractivity contribution is -0.310. The number of carboxylic acid groups (broad SMARTS) is 2. The summed E-state index contributed by atoms with van der Waals surface area (Å²) in [6, 6.07) is 0. The van der Waals surface area contributed by atoms with Crippen LogP contribution in [0.25, 0.3) is 0 Å². The van der Waals surface area contributed by atoms with Gasteiger partial charge in [-0.15, -0.1) is 0 Å². The van der Waals surface area contributed by atoms with E-state index in [9.17, 15) is 19.8 Å². The maximum absolute atomic E-state index is 10.4. The molecule has 1 rings (SSSR count). The molecule has 0 saturated heterocycles. The van der Waals surface area contributed by atoms with Crippen LogP contribution in [0.4, 0.5) is 0 Å². The van der Waals surface area contributed by atoms with E-state index >= 15 is 0 Å². The maximum atomic E-state index is 10.4. The predicted molar refractivity (Wildman–Crippen MR) is 44.5 cm³/mol. The van der Waals surface area contributed by atoms with Gasteiger partial charge in [-0.1, -0.05) is 24.3 Å². The molecule has 2 atom stereocenters. The van der Waals surface area contributed by atoms with Gasteiger partial charge in [0.25, 0.3) is 0 Å². The minimum atomic E-state index is -1.17. The van der Waals surface area contributed by atoms with E-state index in [4.69, 9.17) is 0 Å². The summed E-state index contributed by atoms with van der Waals surface area (Å²) in [6.07, 6.45) is 6.48. The van der Waals surface area contributed by atoms with Crippen molar-refractivity contribution in [1.29, 1.82) is 0 Å². The van der Waals surface area contributed by atoms with E-state index in [0.29, 0.717) is 0 Å². The van der Waals surface area contributed by atoms with Crippen LogP contribution in [0.1, 0.15) is 12.8 Å². The number of hydrogen-bond acceptors (Lipinski definition) is 4. The molecule has 76 valence electrons. The van der Waals surface area contributed by atoms with Crippen LogP contribution in [0, 0.1) is 11.8 Å². The third-order valence-electron chi connectivity index (χ3n) is 2.18. The lowest BCUT2D eigenvalue weighted by atomic mass is 9.84. The molecule has 0 spiro atoms. The number of carboxylic acids is 2. The van der Waals surface area contributed by atoms with Gasteiger partial charge in [0.1, 0.15) is 0 Å². The van der Waals surface area contributed by atoms with Crippen molar-refractivity contribution in [2.45, 2.75) is 12.8 Å². The van der Waals surface area contributed by atoms with Crippen LogP contribution in [0.15, 0.2) is 24.3 Å². The topological polar surface area (TPSA) is 80.3 Å². The van der Waals surface area contributed by atoms with Gasteiger partial charge in [0, 0.05) is 11.9 Å². The second kappa shape index (κ2) is 4.60. The van der Waals surface area contributed by atoms with Crippen molar-refractivity contribution in [2.24, 2.45) is 11.8 Å². The number of allylic oxidation sites excluding steroid dienone is 4. The molecule has 0 N–H and O–H groups in total. The number of rotatable bonds is 4. The highest BCUT2D eigenvalue weighted by atomic mass is 16.4. The Morgan fingerprint density at radius 3 is 1.57 bits per heavy atom. The largest absolute Gasteiger partial charge is 0.550 e. The second-order valence-electron chi connectivity index (χ2n) is 3.25. The summed E-state index contributed by atoms with van der Waals surface area (Å²) in [5, 5.41) is 20.7. The predicted octanol–water partition coefficient (Wildman–Crippen LogP) is -1.38. The summed E-state index contributed by atoms with van der Waals surface area (Å²) in [5.74, 6) is -2.94. The van der Waals surface area contributed by atoms with Crippen molar-refractivity contribution in [3.63, 3.8) is 0 Å². The molecule has 0 radical (unpaired) electrons. The van der Waals surface area contributed by atoms with Crippen LogP contribution in [-0.4, -0.2) is 11.9 Å². The fraction of sp³-hybridized carbons (Fsp3) is 0.400. The molecule has 0 bridgehead atoms. The quantitative estimate of drug-likeness (QED) is 0.552. The zero-order valence-electron chi connectivity index (χ0n) is 7.51. The molecule has 0 fully saturated rings. The van der Waals surface area contributed by atoms with E-state index < -0.39 is 11.9 Å². The summed E-state index contributed by atoms with van der Waals surface area (Å²) in [4.78, 5) is 20.7. The van der Waals surface area contributed by atoms with Crippen LogP contribution < -0.4 is 10.2 Å². The Morgan fingerprint density at radius 2 is 1.29 bits per heavy atom. The van der Waals surface area contributed by atoms with Gasteiger partial charge in [-0.3, -0.25) is 0 Å². The molecule has 0 amide bonds. The lowest BCUT2D eigenvalue weighted by Crippen LogP contribution is -2.31. The number of carbonyl (C=O) groups excluding carboxylic acids is 2. The average molecular weight is 194 g/mol. The third-order valence-corrected chi connectivity index (χ3v) is 2.18. The normalized spacial score (nSPS) is 24.9. The van der Waals surface area contributed by atoms with Crippen LogP contribution >= 0.6 is 0 Å². The van der Waals surface area contributed by atoms with Crippen LogP contribution in [-0.2, 0) is 9.59 Å². The number of hydrogen-bond donors (Lipinski definition) is 0. The summed E-state index contributed by atoms with van der Waals surface area (Å²) < 4.78 is 0. The van der Waals surface area contributed by atoms with Crippen LogP contribution in [0.2, 0.25) is 0 Å². The molecule has 2 unspecified atom stereocenters. The van der Waals surface area contributed by atoms with Crippen molar-refractivity contribution >= 4 is 11.9 Å². The van der Waals surface area contributed by atoms with E-state index in [0.717, 1.165) is 0 Å². The minimum Gasteiger partial charge on any atom is -0.550 e. The Bertz CT molecular complexity index is 260. The molecule has 0 aromatic rings. The minimum absolute atomic E-state index is 0.154. The molecular weight excluding hydrogens is 184 g/mol. The van der Waals surface area contributed by atoms with Gasteiger partial charge in [0.2, 0.25) is 0 Å². The van der Waals surface area contributed by atoms with Gasteiger partial charge in [0.05, 0.1) is 0 Å². The third kappa shape index (κ3) is 3.05. The first-order valence-electron chi connectivity index (χ1n) is 4.34. The highest BCUT2D eigenvalue weighted by Crippen LogP contribution is 2.25. The fourth-order valence-electron chi connectivity index (χ4n) is 1.52. The standard InChI is InChI=1S/C10H12O4/c11-9(12)5-7-3-1-2-4-8(7)6-10(13)14/h1-4,7-8H,5-6H2,(H,11,12)(H,13,14)/p-2. The van der Waals surface area contributed by atoms with E-state index in [1.54, 1.807) is 24.3 Å². The Labute approximate surface area is 81.6 Å². The van der Waals surface area contributed by atoms with E-state index in [1.165, 1.54) is 0 Å². The molecule has 4 heteroatoms. The summed E-state index contributed by atoms with van der Waals surface area (Å²) in [5.41, 5.74) is 0. The highest BCUT2D eigenvalue weighted by molar-refractivity contribution is 5.67. The first kappa shape index (κ1) is 10.5. The van der Waals surface area contributed by atoms with Gasteiger partial charge in [-0.25, -0.2) is 0 Å². The van der Waals surface area contributed by atoms with Crippen molar-refractivity contribution in [1.82, 2.24) is 0 Å². The summed E-state index contributed by atoms with van der Waals surface area (Å²) >= 11 is 0. The molecular formula is C10H10O4-2. The lowest BCUT2D eigenvalue weighted by Gasteiger charge is -2.24.